The van der Waals surface area contributed by atoms with Gasteiger partial charge >= 0.3 is 0 Å². The van der Waals surface area contributed by atoms with Crippen molar-refractivity contribution < 1.29 is 19.1 Å². The van der Waals surface area contributed by atoms with E-state index in [0.717, 1.165) is 11.3 Å². The minimum absolute atomic E-state index is 0.0127. The summed E-state index contributed by atoms with van der Waals surface area (Å²) in [6.45, 7) is 1.68. The van der Waals surface area contributed by atoms with Crippen LogP contribution < -0.4 is 4.74 Å². The van der Waals surface area contributed by atoms with E-state index in [9.17, 15) is 14.4 Å². The van der Waals surface area contributed by atoms with Crippen LogP contribution >= 0.6 is 0 Å². The van der Waals surface area contributed by atoms with Crippen molar-refractivity contribution in [3.8, 4) is 5.75 Å². The molecule has 2 heterocycles. The van der Waals surface area contributed by atoms with Crippen LogP contribution in [0.4, 0.5) is 0 Å². The van der Waals surface area contributed by atoms with Gasteiger partial charge in [0.15, 0.2) is 0 Å². The Hall–Kier alpha value is -3.35. The summed E-state index contributed by atoms with van der Waals surface area (Å²) in [5.74, 6) is 0.697. The Morgan fingerprint density at radius 2 is 1.61 bits per heavy atom. The summed E-state index contributed by atoms with van der Waals surface area (Å²) in [5.41, 5.74) is 0.948. The third-order valence-electron chi connectivity index (χ3n) is 6.89. The number of hydrogen-bond donors (Lipinski definition) is 0. The Kier molecular flexibility index (Phi) is 6.40. The Morgan fingerprint density at radius 3 is 2.24 bits per heavy atom. The SMILES string of the molecule is COc1ccc(CCC(=O)N2C[C@@H]3CN(C(=O)c4ccccc4)C[C@]3(C(=O)N(C)C)C2)cc1. The van der Waals surface area contributed by atoms with Crippen molar-refractivity contribution in [1.82, 2.24) is 14.7 Å². The number of aryl methyl sites for hydroxylation is 1. The summed E-state index contributed by atoms with van der Waals surface area (Å²) in [6.07, 6.45) is 1.02. The quantitative estimate of drug-likeness (QED) is 0.679. The highest BCUT2D eigenvalue weighted by Crippen LogP contribution is 2.44. The highest BCUT2D eigenvalue weighted by molar-refractivity contribution is 5.96. The third kappa shape index (κ3) is 4.45. The molecule has 0 aliphatic carbocycles. The topological polar surface area (TPSA) is 70.2 Å². The number of methoxy groups -OCH3 is 1. The number of rotatable bonds is 6. The van der Waals surface area contributed by atoms with Crippen LogP contribution in [0.5, 0.6) is 5.75 Å². The molecule has 2 aliphatic rings. The lowest BCUT2D eigenvalue weighted by Crippen LogP contribution is -2.48. The maximum Gasteiger partial charge on any atom is 0.253 e. The average Bonchev–Trinajstić information content (AvgIpc) is 3.38. The minimum Gasteiger partial charge on any atom is -0.497 e. The second-order valence-corrected chi connectivity index (χ2v) is 9.23. The fourth-order valence-electron chi connectivity index (χ4n) is 5.12. The highest BCUT2D eigenvalue weighted by Gasteiger charge is 2.59. The lowest BCUT2D eigenvalue weighted by Gasteiger charge is -2.30. The van der Waals surface area contributed by atoms with E-state index in [2.05, 4.69) is 0 Å². The van der Waals surface area contributed by atoms with Gasteiger partial charge in [-0.3, -0.25) is 14.4 Å². The highest BCUT2D eigenvalue weighted by atomic mass is 16.5. The molecule has 0 N–H and O–H groups in total. The molecule has 7 heteroatoms. The van der Waals surface area contributed by atoms with Crippen molar-refractivity contribution in [2.24, 2.45) is 11.3 Å². The maximum absolute atomic E-state index is 13.3. The molecular formula is C26H31N3O4. The van der Waals surface area contributed by atoms with Gasteiger partial charge in [0.2, 0.25) is 11.8 Å². The number of hydrogen-bond acceptors (Lipinski definition) is 4. The monoisotopic (exact) mass is 449 g/mol. The molecule has 33 heavy (non-hydrogen) atoms. The van der Waals surface area contributed by atoms with E-state index < -0.39 is 5.41 Å². The number of nitrogens with zero attached hydrogens (tertiary/aromatic N) is 3. The predicted molar refractivity (Wildman–Crippen MR) is 125 cm³/mol. The number of carbonyl (C=O) groups is 3. The second kappa shape index (κ2) is 9.25. The van der Waals surface area contributed by atoms with E-state index in [-0.39, 0.29) is 23.6 Å². The van der Waals surface area contributed by atoms with Crippen LogP contribution in [-0.2, 0) is 16.0 Å². The van der Waals surface area contributed by atoms with Crippen molar-refractivity contribution >= 4 is 17.7 Å². The molecule has 0 bridgehead atoms. The van der Waals surface area contributed by atoms with Gasteiger partial charge in [-0.1, -0.05) is 30.3 Å². The second-order valence-electron chi connectivity index (χ2n) is 9.23. The molecule has 0 aromatic heterocycles. The van der Waals surface area contributed by atoms with Crippen molar-refractivity contribution in [2.75, 3.05) is 47.4 Å². The molecule has 174 valence electrons. The van der Waals surface area contributed by atoms with Gasteiger partial charge in [-0.05, 0) is 36.2 Å². The Morgan fingerprint density at radius 1 is 0.970 bits per heavy atom. The zero-order valence-electron chi connectivity index (χ0n) is 19.5. The minimum atomic E-state index is -0.746. The van der Waals surface area contributed by atoms with E-state index in [0.29, 0.717) is 44.6 Å². The number of carbonyl (C=O) groups excluding carboxylic acids is 3. The fraction of sp³-hybridized carbons (Fsp3) is 0.423. The summed E-state index contributed by atoms with van der Waals surface area (Å²) < 4.78 is 5.19. The number of amides is 3. The van der Waals surface area contributed by atoms with Crippen molar-refractivity contribution in [3.63, 3.8) is 0 Å². The largest absolute Gasteiger partial charge is 0.497 e. The third-order valence-corrected chi connectivity index (χ3v) is 6.89. The van der Waals surface area contributed by atoms with E-state index in [1.54, 1.807) is 43.1 Å². The molecule has 3 amide bonds. The molecule has 2 fully saturated rings. The average molecular weight is 450 g/mol. The van der Waals surface area contributed by atoms with E-state index in [4.69, 9.17) is 4.74 Å². The summed E-state index contributed by atoms with van der Waals surface area (Å²) in [4.78, 5) is 44.6. The summed E-state index contributed by atoms with van der Waals surface area (Å²) in [6, 6.07) is 16.9. The Balaban J connectivity index is 1.45. The Labute approximate surface area is 194 Å². The van der Waals surface area contributed by atoms with Crippen LogP contribution in [0.15, 0.2) is 54.6 Å². The first kappa shape index (κ1) is 22.8. The molecule has 7 nitrogen and oxygen atoms in total. The van der Waals surface area contributed by atoms with Gasteiger partial charge in [-0.15, -0.1) is 0 Å². The smallest absolute Gasteiger partial charge is 0.253 e. The van der Waals surface area contributed by atoms with Gasteiger partial charge < -0.3 is 19.4 Å². The van der Waals surface area contributed by atoms with Gasteiger partial charge in [0.05, 0.1) is 12.5 Å². The zero-order valence-corrected chi connectivity index (χ0v) is 19.5. The van der Waals surface area contributed by atoms with Crippen LogP contribution in [0.1, 0.15) is 22.3 Å². The predicted octanol–water partition coefficient (Wildman–Crippen LogP) is 2.32. The normalized spacial score (nSPS) is 21.6. The number of fused-ring (bicyclic) bond motifs is 1. The standard InChI is InChI=1S/C26H31N3O4/c1-27(2)25(32)26-17-28(23(30)14-11-19-9-12-22(33-3)13-10-19)15-21(26)16-29(18-26)24(31)20-7-5-4-6-8-20/h4-10,12-13,21H,11,14-18H2,1-3H3/t21-,26-/m1/s1. The first-order valence-electron chi connectivity index (χ1n) is 11.3. The van der Waals surface area contributed by atoms with Crippen LogP contribution in [0.3, 0.4) is 0 Å². The molecule has 2 saturated heterocycles. The lowest BCUT2D eigenvalue weighted by molar-refractivity contribution is -0.140. The maximum atomic E-state index is 13.3. The van der Waals surface area contributed by atoms with Gasteiger partial charge in [0.1, 0.15) is 5.75 Å². The molecule has 2 atom stereocenters. The van der Waals surface area contributed by atoms with Crippen molar-refractivity contribution in [2.45, 2.75) is 12.8 Å². The van der Waals surface area contributed by atoms with Gasteiger partial charge in [-0.2, -0.15) is 0 Å². The summed E-state index contributed by atoms with van der Waals surface area (Å²) in [5, 5.41) is 0. The summed E-state index contributed by atoms with van der Waals surface area (Å²) in [7, 11) is 5.11. The number of ether oxygens (including phenoxy) is 1. The lowest BCUT2D eigenvalue weighted by atomic mass is 9.80. The molecule has 2 aromatic rings. The van der Waals surface area contributed by atoms with Crippen LogP contribution in [0.2, 0.25) is 0 Å². The molecule has 0 unspecified atom stereocenters. The number of benzene rings is 2. The first-order chi connectivity index (χ1) is 15.8. The van der Waals surface area contributed by atoms with Crippen molar-refractivity contribution in [1.29, 1.82) is 0 Å². The van der Waals surface area contributed by atoms with Crippen LogP contribution in [0, 0.1) is 11.3 Å². The Bertz CT molecular complexity index is 1020. The van der Waals surface area contributed by atoms with Crippen LogP contribution in [0.25, 0.3) is 0 Å². The van der Waals surface area contributed by atoms with Crippen LogP contribution in [-0.4, -0.2) is 79.8 Å². The molecule has 0 spiro atoms. The van der Waals surface area contributed by atoms with Gasteiger partial charge in [-0.25, -0.2) is 0 Å². The zero-order chi connectivity index (χ0) is 23.6. The molecule has 2 aromatic carbocycles. The number of likely N-dealkylation sites (tertiary alicyclic amines) is 2. The van der Waals surface area contributed by atoms with Gasteiger partial charge in [0, 0.05) is 58.2 Å². The van der Waals surface area contributed by atoms with E-state index >= 15 is 0 Å². The van der Waals surface area contributed by atoms with Gasteiger partial charge in [0.25, 0.3) is 5.91 Å². The molecule has 2 aliphatic heterocycles. The van der Waals surface area contributed by atoms with E-state index in [1.807, 2.05) is 47.4 Å². The molecule has 0 saturated carbocycles. The molecule has 4 rings (SSSR count). The molecular weight excluding hydrogens is 418 g/mol. The van der Waals surface area contributed by atoms with Crippen molar-refractivity contribution in [3.05, 3.63) is 65.7 Å². The summed E-state index contributed by atoms with van der Waals surface area (Å²) >= 11 is 0. The van der Waals surface area contributed by atoms with E-state index in [1.165, 1.54) is 0 Å². The first-order valence-corrected chi connectivity index (χ1v) is 11.3. The molecule has 0 radical (unpaired) electrons. The fourth-order valence-corrected chi connectivity index (χ4v) is 5.12.